The normalized spacial score (nSPS) is 26.9. The predicted octanol–water partition coefficient (Wildman–Crippen LogP) is -0.311. The molecule has 16 heavy (non-hydrogen) atoms. The highest BCUT2D eigenvalue weighted by Gasteiger charge is 2.35. The summed E-state index contributed by atoms with van der Waals surface area (Å²) in [5.74, 6) is 0. The molecule has 2 N–H and O–H groups in total. The Morgan fingerprint density at radius 1 is 1.44 bits per heavy atom. The number of hydrogen-bond donors (Lipinski definition) is 1. The summed E-state index contributed by atoms with van der Waals surface area (Å²) in [4.78, 5) is 2.15. The van der Waals surface area contributed by atoms with E-state index in [1.807, 2.05) is 20.9 Å². The van der Waals surface area contributed by atoms with Gasteiger partial charge in [-0.3, -0.25) is 0 Å². The van der Waals surface area contributed by atoms with E-state index in [1.54, 1.807) is 4.31 Å². The van der Waals surface area contributed by atoms with Crippen LogP contribution in [-0.2, 0) is 10.0 Å². The highest BCUT2D eigenvalue weighted by molar-refractivity contribution is 7.89. The van der Waals surface area contributed by atoms with Gasteiger partial charge in [0.2, 0.25) is 10.0 Å². The molecule has 2 atom stereocenters. The summed E-state index contributed by atoms with van der Waals surface area (Å²) in [6.07, 6.45) is 0.581. The molecule has 96 valence electrons. The van der Waals surface area contributed by atoms with Gasteiger partial charge in [0.05, 0.1) is 5.25 Å². The molecule has 0 spiro atoms. The number of piperazine rings is 1. The lowest BCUT2D eigenvalue weighted by Crippen LogP contribution is -2.55. The molecule has 1 heterocycles. The molecule has 1 rings (SSSR count). The molecule has 6 heteroatoms. The molecule has 0 bridgehead atoms. The van der Waals surface area contributed by atoms with E-state index in [2.05, 4.69) is 4.90 Å². The van der Waals surface area contributed by atoms with Gasteiger partial charge in [0.25, 0.3) is 0 Å². The molecule has 0 amide bonds. The smallest absolute Gasteiger partial charge is 0.218 e. The largest absolute Gasteiger partial charge is 0.329 e. The Morgan fingerprint density at radius 3 is 2.50 bits per heavy atom. The van der Waals surface area contributed by atoms with Crippen molar-refractivity contribution in [3.05, 3.63) is 0 Å². The van der Waals surface area contributed by atoms with Crippen LogP contribution in [0.5, 0.6) is 0 Å². The highest BCUT2D eigenvalue weighted by Crippen LogP contribution is 2.18. The zero-order valence-corrected chi connectivity index (χ0v) is 11.2. The van der Waals surface area contributed by atoms with Gasteiger partial charge in [-0.2, -0.15) is 4.31 Å². The second-order valence-corrected chi connectivity index (χ2v) is 6.70. The fraction of sp³-hybridized carbons (Fsp3) is 1.00. The lowest BCUT2D eigenvalue weighted by Gasteiger charge is -2.38. The van der Waals surface area contributed by atoms with E-state index in [-0.39, 0.29) is 12.6 Å². The third-order valence-corrected chi connectivity index (χ3v) is 5.80. The SMILES string of the molecule is CCC(CN)S(=O)(=O)N1CCN(C)CC1C. The van der Waals surface area contributed by atoms with Crippen LogP contribution in [0.2, 0.25) is 0 Å². The van der Waals surface area contributed by atoms with Crippen molar-refractivity contribution in [3.63, 3.8) is 0 Å². The fourth-order valence-electron chi connectivity index (χ4n) is 2.19. The van der Waals surface area contributed by atoms with Crippen molar-refractivity contribution >= 4 is 10.0 Å². The Labute approximate surface area is 98.6 Å². The van der Waals surface area contributed by atoms with Gasteiger partial charge in [0, 0.05) is 32.2 Å². The zero-order valence-electron chi connectivity index (χ0n) is 10.4. The number of hydrogen-bond acceptors (Lipinski definition) is 4. The summed E-state index contributed by atoms with van der Waals surface area (Å²) >= 11 is 0. The molecule has 5 nitrogen and oxygen atoms in total. The zero-order chi connectivity index (χ0) is 12.3. The molecule has 1 saturated heterocycles. The molecular weight excluding hydrogens is 226 g/mol. The number of nitrogens with zero attached hydrogens (tertiary/aromatic N) is 2. The molecule has 0 saturated carbocycles. The molecule has 0 radical (unpaired) electrons. The van der Waals surface area contributed by atoms with Crippen molar-refractivity contribution in [2.45, 2.75) is 31.6 Å². The molecular formula is C10H23N3O2S. The number of sulfonamides is 1. The lowest BCUT2D eigenvalue weighted by atomic mass is 10.2. The Kier molecular flexibility index (Phi) is 4.73. The van der Waals surface area contributed by atoms with Gasteiger partial charge in [-0.25, -0.2) is 8.42 Å². The summed E-state index contributed by atoms with van der Waals surface area (Å²) in [5.41, 5.74) is 5.53. The first-order chi connectivity index (χ1) is 7.43. The van der Waals surface area contributed by atoms with Gasteiger partial charge in [0.1, 0.15) is 0 Å². The summed E-state index contributed by atoms with van der Waals surface area (Å²) in [7, 11) is -1.20. The fourth-order valence-corrected chi connectivity index (χ4v) is 4.14. The summed E-state index contributed by atoms with van der Waals surface area (Å²) in [5, 5.41) is -0.432. The third kappa shape index (κ3) is 2.74. The maximum atomic E-state index is 12.3. The topological polar surface area (TPSA) is 66.6 Å². The second-order valence-electron chi connectivity index (χ2n) is 4.53. The van der Waals surface area contributed by atoms with E-state index in [9.17, 15) is 8.42 Å². The maximum Gasteiger partial charge on any atom is 0.218 e. The van der Waals surface area contributed by atoms with Crippen molar-refractivity contribution in [2.24, 2.45) is 5.73 Å². The molecule has 1 fully saturated rings. The molecule has 1 aliphatic heterocycles. The number of nitrogens with two attached hydrogens (primary N) is 1. The van der Waals surface area contributed by atoms with Crippen LogP contribution in [0.4, 0.5) is 0 Å². The monoisotopic (exact) mass is 249 g/mol. The Hall–Kier alpha value is -0.170. The van der Waals surface area contributed by atoms with E-state index < -0.39 is 15.3 Å². The van der Waals surface area contributed by atoms with Gasteiger partial charge in [0.15, 0.2) is 0 Å². The summed E-state index contributed by atoms with van der Waals surface area (Å²) < 4.78 is 26.2. The molecule has 0 aromatic carbocycles. The van der Waals surface area contributed by atoms with Crippen LogP contribution >= 0.6 is 0 Å². The highest BCUT2D eigenvalue weighted by atomic mass is 32.2. The van der Waals surface area contributed by atoms with E-state index in [4.69, 9.17) is 5.73 Å². The maximum absolute atomic E-state index is 12.3. The van der Waals surface area contributed by atoms with E-state index in [0.29, 0.717) is 13.0 Å². The van der Waals surface area contributed by atoms with Crippen LogP contribution in [-0.4, -0.2) is 62.1 Å². The van der Waals surface area contributed by atoms with E-state index in [1.165, 1.54) is 0 Å². The van der Waals surface area contributed by atoms with Crippen LogP contribution in [0.1, 0.15) is 20.3 Å². The average molecular weight is 249 g/mol. The van der Waals surface area contributed by atoms with Crippen molar-refractivity contribution in [2.75, 3.05) is 33.2 Å². The molecule has 0 aliphatic carbocycles. The van der Waals surface area contributed by atoms with E-state index in [0.717, 1.165) is 13.1 Å². The molecule has 0 aromatic rings. The Balaban J connectivity index is 2.83. The Morgan fingerprint density at radius 2 is 2.06 bits per heavy atom. The van der Waals surface area contributed by atoms with Crippen molar-refractivity contribution in [1.29, 1.82) is 0 Å². The molecule has 1 aliphatic rings. The van der Waals surface area contributed by atoms with Gasteiger partial charge >= 0.3 is 0 Å². The van der Waals surface area contributed by atoms with Gasteiger partial charge in [-0.05, 0) is 20.4 Å². The Bertz CT molecular complexity index is 314. The lowest BCUT2D eigenvalue weighted by molar-refractivity contribution is 0.169. The van der Waals surface area contributed by atoms with Crippen LogP contribution in [0.3, 0.4) is 0 Å². The van der Waals surface area contributed by atoms with E-state index >= 15 is 0 Å². The predicted molar refractivity (Wildman–Crippen MR) is 65.7 cm³/mol. The number of likely N-dealkylation sites (N-methyl/N-ethyl adjacent to an activating group) is 1. The van der Waals surface area contributed by atoms with Crippen molar-refractivity contribution < 1.29 is 8.42 Å². The first kappa shape index (κ1) is 13.9. The minimum absolute atomic E-state index is 0.0457. The average Bonchev–Trinajstić information content (AvgIpc) is 2.18. The van der Waals surface area contributed by atoms with Crippen molar-refractivity contribution in [3.8, 4) is 0 Å². The van der Waals surface area contributed by atoms with Crippen LogP contribution in [0, 0.1) is 0 Å². The minimum atomic E-state index is -3.22. The molecule has 0 aromatic heterocycles. The van der Waals surface area contributed by atoms with Crippen LogP contribution in [0.15, 0.2) is 0 Å². The summed E-state index contributed by atoms with van der Waals surface area (Å²) in [6.45, 7) is 6.20. The van der Waals surface area contributed by atoms with Gasteiger partial charge in [-0.1, -0.05) is 6.92 Å². The van der Waals surface area contributed by atoms with Crippen LogP contribution in [0.25, 0.3) is 0 Å². The second kappa shape index (κ2) is 5.44. The quantitative estimate of drug-likeness (QED) is 0.742. The number of rotatable bonds is 4. The van der Waals surface area contributed by atoms with Gasteiger partial charge in [-0.15, -0.1) is 0 Å². The first-order valence-electron chi connectivity index (χ1n) is 5.82. The van der Waals surface area contributed by atoms with Crippen molar-refractivity contribution in [1.82, 2.24) is 9.21 Å². The molecule has 2 unspecified atom stereocenters. The van der Waals surface area contributed by atoms with Crippen LogP contribution < -0.4 is 5.73 Å². The third-order valence-electron chi connectivity index (χ3n) is 3.24. The first-order valence-corrected chi connectivity index (χ1v) is 7.33. The summed E-state index contributed by atoms with van der Waals surface area (Å²) in [6, 6.07) is 0.0457. The van der Waals surface area contributed by atoms with Gasteiger partial charge < -0.3 is 10.6 Å². The minimum Gasteiger partial charge on any atom is -0.329 e. The standard InChI is InChI=1S/C10H23N3O2S/c1-4-10(7-11)16(14,15)13-6-5-12(3)8-9(13)2/h9-10H,4-8,11H2,1-3H3.